The number of nitrogens with two attached hydrogens (primary N) is 1. The summed E-state index contributed by atoms with van der Waals surface area (Å²) >= 11 is 0. The third-order valence-corrected chi connectivity index (χ3v) is 7.45. The first-order chi connectivity index (χ1) is 20.6. The van der Waals surface area contributed by atoms with Gasteiger partial charge in [-0.15, -0.1) is 0 Å². The van der Waals surface area contributed by atoms with Crippen molar-refractivity contribution < 1.29 is 32.9 Å². The van der Waals surface area contributed by atoms with Crippen molar-refractivity contribution in [1.82, 2.24) is 9.88 Å². The molecule has 0 radical (unpaired) electrons. The first kappa shape index (κ1) is 29.5. The number of nitrogens with zero attached hydrogens (tertiary/aromatic N) is 3. The van der Waals surface area contributed by atoms with E-state index in [1.54, 1.807) is 18.2 Å². The number of anilines is 1. The van der Waals surface area contributed by atoms with Gasteiger partial charge in [0.2, 0.25) is 11.6 Å². The molecule has 2 aromatic carbocycles. The fourth-order valence-corrected chi connectivity index (χ4v) is 5.22. The van der Waals surface area contributed by atoms with Crippen molar-refractivity contribution in [2.24, 2.45) is 16.6 Å². The number of aliphatic imine (C=N–C) groups is 1. The maximum Gasteiger partial charge on any atom is 0.308 e. The van der Waals surface area contributed by atoms with Crippen LogP contribution in [0.2, 0.25) is 0 Å². The number of likely N-dealkylation sites (N-methyl/N-ethyl adjacent to an activating group) is 1. The van der Waals surface area contributed by atoms with Gasteiger partial charge in [-0.25, -0.2) is 9.37 Å². The first-order valence-electron chi connectivity index (χ1n) is 13.8. The van der Waals surface area contributed by atoms with Gasteiger partial charge in [-0.3, -0.25) is 15.2 Å². The molecule has 226 valence electrons. The Kier molecular flexibility index (Phi) is 8.60. The highest BCUT2D eigenvalue weighted by molar-refractivity contribution is 6.03. The van der Waals surface area contributed by atoms with E-state index in [0.29, 0.717) is 30.9 Å². The molecule has 0 bridgehead atoms. The highest BCUT2D eigenvalue weighted by Gasteiger charge is 2.29. The van der Waals surface area contributed by atoms with Gasteiger partial charge < -0.3 is 35.3 Å². The van der Waals surface area contributed by atoms with Gasteiger partial charge >= 0.3 is 5.97 Å². The molecule has 1 fully saturated rings. The second kappa shape index (κ2) is 12.5. The molecule has 43 heavy (non-hydrogen) atoms. The van der Waals surface area contributed by atoms with Crippen LogP contribution in [0.1, 0.15) is 36.8 Å². The zero-order chi connectivity index (χ0) is 30.7. The number of benzene rings is 2. The Bertz CT molecular complexity index is 1580. The van der Waals surface area contributed by atoms with E-state index in [2.05, 4.69) is 15.3 Å². The third-order valence-electron chi connectivity index (χ3n) is 7.45. The van der Waals surface area contributed by atoms with Crippen LogP contribution in [0, 0.1) is 23.0 Å². The second-order valence-electron chi connectivity index (χ2n) is 10.4. The van der Waals surface area contributed by atoms with E-state index >= 15 is 4.39 Å². The molecule has 1 aromatic heterocycles. The molecule has 0 spiro atoms. The van der Waals surface area contributed by atoms with Gasteiger partial charge in [0.1, 0.15) is 17.4 Å². The van der Waals surface area contributed by atoms with Crippen molar-refractivity contribution in [3.63, 3.8) is 0 Å². The number of methoxy groups -OCH3 is 1. The number of pyridine rings is 1. The second-order valence-corrected chi connectivity index (χ2v) is 10.4. The van der Waals surface area contributed by atoms with E-state index in [9.17, 15) is 14.3 Å². The van der Waals surface area contributed by atoms with Crippen molar-refractivity contribution in [3.8, 4) is 28.9 Å². The Labute approximate surface area is 246 Å². The van der Waals surface area contributed by atoms with Gasteiger partial charge in [-0.2, -0.15) is 4.39 Å². The number of nitrogens with one attached hydrogen (secondary N) is 2. The number of amidine groups is 2. The minimum atomic E-state index is -1.24. The Morgan fingerprint density at radius 1 is 1.16 bits per heavy atom. The quantitative estimate of drug-likeness (QED) is 0.156. The fraction of sp³-hybridized carbons (Fsp3) is 0.333. The number of hydrogen-bond donors (Lipinski definition) is 4. The molecule has 2 atom stereocenters. The smallest absolute Gasteiger partial charge is 0.308 e. The normalized spacial score (nSPS) is 18.1. The van der Waals surface area contributed by atoms with Gasteiger partial charge in [0.15, 0.2) is 17.3 Å². The number of ether oxygens (including phenoxy) is 3. The highest BCUT2D eigenvalue weighted by Crippen LogP contribution is 2.38. The summed E-state index contributed by atoms with van der Waals surface area (Å²) in [5.74, 6) is -4.27. The minimum Gasteiger partial charge on any atom is -0.504 e. The first-order valence-corrected chi connectivity index (χ1v) is 13.8. The molecular formula is C30H32F2N6O5. The van der Waals surface area contributed by atoms with Crippen LogP contribution in [0.15, 0.2) is 47.6 Å². The van der Waals surface area contributed by atoms with Crippen LogP contribution in [0.4, 0.5) is 14.5 Å². The Balaban J connectivity index is 1.44. The van der Waals surface area contributed by atoms with Crippen LogP contribution in [0.5, 0.6) is 28.9 Å². The summed E-state index contributed by atoms with van der Waals surface area (Å²) in [7, 11) is 3.25. The lowest BCUT2D eigenvalue weighted by atomic mass is 9.85. The molecule has 2 unspecified atom stereocenters. The average Bonchev–Trinajstić information content (AvgIpc) is 3.43. The number of esters is 1. The van der Waals surface area contributed by atoms with Gasteiger partial charge in [0, 0.05) is 30.9 Å². The van der Waals surface area contributed by atoms with Crippen LogP contribution in [0.25, 0.3) is 0 Å². The topological polar surface area (TPSA) is 155 Å². The van der Waals surface area contributed by atoms with Gasteiger partial charge in [0.05, 0.1) is 31.3 Å². The molecule has 2 heterocycles. The zero-order valence-corrected chi connectivity index (χ0v) is 23.7. The van der Waals surface area contributed by atoms with Crippen molar-refractivity contribution in [2.75, 3.05) is 32.6 Å². The van der Waals surface area contributed by atoms with Crippen molar-refractivity contribution in [2.45, 2.75) is 31.7 Å². The largest absolute Gasteiger partial charge is 0.504 e. The Morgan fingerprint density at radius 2 is 1.98 bits per heavy atom. The SMILES string of the molecule is COC(=O)C1CCCC(Nc2ccc(Oc3c(F)cnc(Oc4cc(C(=N)N)ccc4O)c3F)c(C3=NCCN3C)c2)C1. The summed E-state index contributed by atoms with van der Waals surface area (Å²) in [5.41, 5.74) is 6.97. The Morgan fingerprint density at radius 3 is 2.70 bits per heavy atom. The number of hydrogen-bond acceptors (Lipinski definition) is 10. The number of phenolic OH excluding ortho intramolecular Hbond substituents is 1. The molecule has 1 saturated carbocycles. The molecule has 3 aromatic rings. The zero-order valence-electron chi connectivity index (χ0n) is 23.7. The molecule has 13 heteroatoms. The number of aromatic hydroxyl groups is 1. The van der Waals surface area contributed by atoms with E-state index in [-0.39, 0.29) is 46.6 Å². The van der Waals surface area contributed by atoms with Crippen LogP contribution >= 0.6 is 0 Å². The van der Waals surface area contributed by atoms with Gasteiger partial charge in [0.25, 0.3) is 5.88 Å². The van der Waals surface area contributed by atoms with E-state index in [4.69, 9.17) is 25.4 Å². The number of carbonyl (C=O) groups is 1. The molecule has 5 N–H and O–H groups in total. The summed E-state index contributed by atoms with van der Waals surface area (Å²) < 4.78 is 46.8. The predicted octanol–water partition coefficient (Wildman–Crippen LogP) is 4.77. The maximum absolute atomic E-state index is 15.6. The Hall–Kier alpha value is -4.94. The third kappa shape index (κ3) is 6.45. The molecule has 0 saturated heterocycles. The molecule has 0 amide bonds. The molecular weight excluding hydrogens is 562 g/mol. The van der Waals surface area contributed by atoms with Gasteiger partial charge in [-0.05, 0) is 55.7 Å². The number of aromatic nitrogens is 1. The fourth-order valence-electron chi connectivity index (χ4n) is 5.22. The standard InChI is InChI=1S/C30H32F2N6O5/c1-38-11-10-35-28(38)20-14-19(37-18-5-3-4-17(12-18)30(40)41-2)7-9-23(20)42-26-21(31)15-36-29(25(26)32)43-24-13-16(27(33)34)6-8-22(24)39/h6-9,13-15,17-18,37,39H,3-5,10-12H2,1-2H3,(H3,33,34). The lowest BCUT2D eigenvalue weighted by Crippen LogP contribution is -2.31. The summed E-state index contributed by atoms with van der Waals surface area (Å²) in [6.45, 7) is 1.21. The highest BCUT2D eigenvalue weighted by atomic mass is 19.1. The van der Waals surface area contributed by atoms with Crippen LogP contribution < -0.4 is 20.5 Å². The number of rotatable bonds is 9. The number of halogens is 2. The monoisotopic (exact) mass is 594 g/mol. The van der Waals surface area contributed by atoms with E-state index in [1.165, 1.54) is 25.3 Å². The average molecular weight is 595 g/mol. The molecule has 5 rings (SSSR count). The summed E-state index contributed by atoms with van der Waals surface area (Å²) in [5, 5.41) is 21.2. The molecule has 1 aliphatic carbocycles. The van der Waals surface area contributed by atoms with E-state index < -0.39 is 23.3 Å². The molecule has 11 nitrogen and oxygen atoms in total. The van der Waals surface area contributed by atoms with E-state index in [1.807, 2.05) is 11.9 Å². The summed E-state index contributed by atoms with van der Waals surface area (Å²) in [4.78, 5) is 22.3. The van der Waals surface area contributed by atoms with Gasteiger partial charge in [-0.1, -0.05) is 6.42 Å². The number of carbonyl (C=O) groups excluding carboxylic acids is 1. The van der Waals surface area contributed by atoms with Crippen molar-refractivity contribution in [3.05, 3.63) is 65.4 Å². The van der Waals surface area contributed by atoms with Crippen LogP contribution in [-0.2, 0) is 9.53 Å². The van der Waals surface area contributed by atoms with Crippen LogP contribution in [-0.4, -0.2) is 65.9 Å². The lowest BCUT2D eigenvalue weighted by molar-refractivity contribution is -0.146. The molecule has 1 aliphatic heterocycles. The van der Waals surface area contributed by atoms with Crippen LogP contribution in [0.3, 0.4) is 0 Å². The number of nitrogen functional groups attached to an aromatic ring is 1. The van der Waals surface area contributed by atoms with E-state index in [0.717, 1.165) is 31.1 Å². The molecule has 2 aliphatic rings. The number of phenols is 1. The summed E-state index contributed by atoms with van der Waals surface area (Å²) in [6, 6.07) is 9.02. The lowest BCUT2D eigenvalue weighted by Gasteiger charge is -2.29. The predicted molar refractivity (Wildman–Crippen MR) is 155 cm³/mol. The minimum absolute atomic E-state index is 0.0356. The summed E-state index contributed by atoms with van der Waals surface area (Å²) in [6.07, 6.45) is 3.91. The maximum atomic E-state index is 15.6. The van der Waals surface area contributed by atoms with Crippen molar-refractivity contribution in [1.29, 1.82) is 5.41 Å². The van der Waals surface area contributed by atoms with Crippen molar-refractivity contribution >= 4 is 23.3 Å².